The summed E-state index contributed by atoms with van der Waals surface area (Å²) in [5, 5.41) is 0. The molecule has 23 heavy (non-hydrogen) atoms. The summed E-state index contributed by atoms with van der Waals surface area (Å²) in [6, 6.07) is 2.75. The number of hydrogen-bond donors (Lipinski definition) is 1. The molecule has 122 valence electrons. The first-order valence-corrected chi connectivity index (χ1v) is 7.32. The van der Waals surface area contributed by atoms with E-state index in [1.165, 1.54) is 11.0 Å². The van der Waals surface area contributed by atoms with Crippen molar-refractivity contribution >= 4 is 29.3 Å². The number of anilines is 2. The molecule has 0 spiro atoms. The van der Waals surface area contributed by atoms with Gasteiger partial charge in [0.25, 0.3) is 5.91 Å². The van der Waals surface area contributed by atoms with E-state index in [9.17, 15) is 18.8 Å². The number of nitrogens with zero attached hydrogens (tertiary/aromatic N) is 2. The predicted molar refractivity (Wildman–Crippen MR) is 79.6 cm³/mol. The van der Waals surface area contributed by atoms with Crippen LogP contribution >= 0.6 is 0 Å². The molecule has 2 N–H and O–H groups in total. The topological polar surface area (TPSA) is 92.9 Å². The fourth-order valence-corrected chi connectivity index (χ4v) is 2.90. The number of benzene rings is 1. The molecule has 3 amide bonds. The zero-order valence-electron chi connectivity index (χ0n) is 12.5. The highest BCUT2D eigenvalue weighted by Crippen LogP contribution is 2.36. The number of cyclic esters (lactones) is 1. The number of nitrogens with two attached hydrogens (primary N) is 1. The number of carbonyl (C=O) groups excluding carboxylic acids is 3. The molecule has 3 rings (SSSR count). The molecule has 0 aliphatic carbocycles. The normalized spacial score (nSPS) is 20.0. The fraction of sp³-hybridized carbons (Fsp3) is 0.400. The molecule has 2 aliphatic rings. The zero-order valence-corrected chi connectivity index (χ0v) is 12.5. The summed E-state index contributed by atoms with van der Waals surface area (Å²) in [7, 11) is 0. The van der Waals surface area contributed by atoms with Crippen molar-refractivity contribution in [2.24, 2.45) is 5.73 Å². The number of halogens is 1. The SMILES string of the molecule is CCCN1C(=O)Cc2cc(N3CC(C(N)=O)OC3=O)cc(F)c21. The lowest BCUT2D eigenvalue weighted by atomic mass is 10.1. The van der Waals surface area contributed by atoms with Crippen molar-refractivity contribution in [2.45, 2.75) is 25.9 Å². The fourth-order valence-electron chi connectivity index (χ4n) is 2.90. The third kappa shape index (κ3) is 2.49. The molecule has 0 aromatic heterocycles. The van der Waals surface area contributed by atoms with Gasteiger partial charge in [0.2, 0.25) is 5.91 Å². The summed E-state index contributed by atoms with van der Waals surface area (Å²) in [4.78, 5) is 37.5. The molecule has 1 unspecified atom stereocenters. The minimum Gasteiger partial charge on any atom is -0.434 e. The van der Waals surface area contributed by atoms with Crippen LogP contribution in [0, 0.1) is 5.82 Å². The summed E-state index contributed by atoms with van der Waals surface area (Å²) in [5.74, 6) is -1.50. The highest BCUT2D eigenvalue weighted by atomic mass is 19.1. The molecule has 0 radical (unpaired) electrons. The molecule has 1 fully saturated rings. The number of rotatable bonds is 4. The molecule has 2 heterocycles. The maximum absolute atomic E-state index is 14.5. The summed E-state index contributed by atoms with van der Waals surface area (Å²) < 4.78 is 19.3. The molecule has 1 aromatic carbocycles. The molecular weight excluding hydrogens is 305 g/mol. The molecule has 1 saturated heterocycles. The highest BCUT2D eigenvalue weighted by Gasteiger charge is 2.38. The monoisotopic (exact) mass is 321 g/mol. The maximum atomic E-state index is 14.5. The van der Waals surface area contributed by atoms with E-state index < -0.39 is 23.9 Å². The first-order chi connectivity index (χ1) is 10.9. The predicted octanol–water partition coefficient (Wildman–Crippen LogP) is 0.935. The van der Waals surface area contributed by atoms with Crippen molar-refractivity contribution < 1.29 is 23.5 Å². The molecule has 8 heteroatoms. The molecule has 0 bridgehead atoms. The van der Waals surface area contributed by atoms with Gasteiger partial charge in [-0.25, -0.2) is 9.18 Å². The standard InChI is InChI=1S/C15H16FN3O4/c1-2-3-18-12(20)5-8-4-9(6-10(16)13(8)18)19-7-11(14(17)21)23-15(19)22/h4,6,11H,2-3,5,7H2,1H3,(H2,17,21). The first-order valence-electron chi connectivity index (χ1n) is 7.32. The summed E-state index contributed by atoms with van der Waals surface area (Å²) in [6.07, 6.45) is -1.02. The molecule has 1 aromatic rings. The highest BCUT2D eigenvalue weighted by molar-refractivity contribution is 6.03. The molecule has 0 saturated carbocycles. The Bertz CT molecular complexity index is 706. The summed E-state index contributed by atoms with van der Waals surface area (Å²) in [5.41, 5.74) is 6.16. The van der Waals surface area contributed by atoms with Gasteiger partial charge in [-0.2, -0.15) is 0 Å². The van der Waals surface area contributed by atoms with Crippen LogP contribution in [0.2, 0.25) is 0 Å². The van der Waals surface area contributed by atoms with Crippen LogP contribution in [0.1, 0.15) is 18.9 Å². The van der Waals surface area contributed by atoms with Gasteiger partial charge in [0.05, 0.1) is 24.3 Å². The van der Waals surface area contributed by atoms with Crippen LogP contribution in [0.25, 0.3) is 0 Å². The van der Waals surface area contributed by atoms with E-state index in [4.69, 9.17) is 10.5 Å². The van der Waals surface area contributed by atoms with Crippen LogP contribution in [-0.4, -0.2) is 37.1 Å². The van der Waals surface area contributed by atoms with Gasteiger partial charge in [0, 0.05) is 6.54 Å². The van der Waals surface area contributed by atoms with E-state index in [0.717, 1.165) is 4.90 Å². The molecule has 1 atom stereocenters. The lowest BCUT2D eigenvalue weighted by Crippen LogP contribution is -2.32. The van der Waals surface area contributed by atoms with Crippen LogP contribution in [0.3, 0.4) is 0 Å². The van der Waals surface area contributed by atoms with Gasteiger partial charge < -0.3 is 15.4 Å². The third-order valence-corrected chi connectivity index (χ3v) is 3.93. The van der Waals surface area contributed by atoms with Crippen molar-refractivity contribution in [3.05, 3.63) is 23.5 Å². The van der Waals surface area contributed by atoms with Crippen molar-refractivity contribution in [1.82, 2.24) is 0 Å². The minimum absolute atomic E-state index is 0.0704. The average Bonchev–Trinajstić information content (AvgIpc) is 3.01. The van der Waals surface area contributed by atoms with Crippen molar-refractivity contribution in [3.8, 4) is 0 Å². The second kappa shape index (κ2) is 5.53. The van der Waals surface area contributed by atoms with Crippen LogP contribution in [0.5, 0.6) is 0 Å². The number of fused-ring (bicyclic) bond motifs is 1. The van der Waals surface area contributed by atoms with Crippen LogP contribution in [0.4, 0.5) is 20.6 Å². The molecule has 2 aliphatic heterocycles. The Morgan fingerprint density at radius 2 is 2.17 bits per heavy atom. The minimum atomic E-state index is -1.06. The smallest absolute Gasteiger partial charge is 0.415 e. The van der Waals surface area contributed by atoms with E-state index in [1.54, 1.807) is 6.07 Å². The first kappa shape index (κ1) is 15.3. The maximum Gasteiger partial charge on any atom is 0.415 e. The average molecular weight is 321 g/mol. The van der Waals surface area contributed by atoms with Gasteiger partial charge in [-0.05, 0) is 24.1 Å². The van der Waals surface area contributed by atoms with E-state index >= 15 is 0 Å². The lowest BCUT2D eigenvalue weighted by molar-refractivity contribution is -0.124. The van der Waals surface area contributed by atoms with Crippen LogP contribution in [0.15, 0.2) is 12.1 Å². The second-order valence-electron chi connectivity index (χ2n) is 5.54. The number of hydrogen-bond acceptors (Lipinski definition) is 4. The third-order valence-electron chi connectivity index (χ3n) is 3.93. The summed E-state index contributed by atoms with van der Waals surface area (Å²) in [6.45, 7) is 2.28. The summed E-state index contributed by atoms with van der Waals surface area (Å²) >= 11 is 0. The van der Waals surface area contributed by atoms with Gasteiger partial charge in [-0.1, -0.05) is 6.92 Å². The van der Waals surface area contributed by atoms with E-state index in [2.05, 4.69) is 0 Å². The lowest BCUT2D eigenvalue weighted by Gasteiger charge is -2.19. The Balaban J connectivity index is 1.94. The quantitative estimate of drug-likeness (QED) is 0.893. The van der Waals surface area contributed by atoms with Gasteiger partial charge in [0.15, 0.2) is 6.10 Å². The van der Waals surface area contributed by atoms with E-state index in [0.29, 0.717) is 18.5 Å². The Morgan fingerprint density at radius 3 is 2.78 bits per heavy atom. The van der Waals surface area contributed by atoms with Crippen molar-refractivity contribution in [2.75, 3.05) is 22.9 Å². The van der Waals surface area contributed by atoms with Crippen LogP contribution < -0.4 is 15.5 Å². The number of carbonyl (C=O) groups is 3. The van der Waals surface area contributed by atoms with Crippen LogP contribution in [-0.2, 0) is 20.7 Å². The van der Waals surface area contributed by atoms with Gasteiger partial charge in [0.1, 0.15) is 5.82 Å². The molecular formula is C15H16FN3O4. The zero-order chi connectivity index (χ0) is 16.7. The van der Waals surface area contributed by atoms with E-state index in [1.807, 2.05) is 6.92 Å². The van der Waals surface area contributed by atoms with Crippen molar-refractivity contribution in [3.63, 3.8) is 0 Å². The van der Waals surface area contributed by atoms with E-state index in [-0.39, 0.29) is 30.2 Å². The number of primary amides is 1. The molecule has 7 nitrogen and oxygen atoms in total. The van der Waals surface area contributed by atoms with Gasteiger partial charge >= 0.3 is 6.09 Å². The second-order valence-corrected chi connectivity index (χ2v) is 5.54. The Hall–Kier alpha value is -2.64. The Morgan fingerprint density at radius 1 is 1.43 bits per heavy atom. The van der Waals surface area contributed by atoms with Gasteiger partial charge in [-0.3, -0.25) is 14.5 Å². The number of amides is 3. The Kier molecular flexibility index (Phi) is 3.67. The number of ether oxygens (including phenoxy) is 1. The van der Waals surface area contributed by atoms with Gasteiger partial charge in [-0.15, -0.1) is 0 Å². The largest absolute Gasteiger partial charge is 0.434 e. The Labute approximate surface area is 131 Å². The van der Waals surface area contributed by atoms with Crippen molar-refractivity contribution in [1.29, 1.82) is 0 Å².